The van der Waals surface area contributed by atoms with Gasteiger partial charge in [0.1, 0.15) is 5.82 Å². The fourth-order valence-electron chi connectivity index (χ4n) is 1.89. The molecule has 2 rings (SSSR count). The number of aliphatic carboxylic acids is 1. The number of nitrogens with zero attached hydrogens (tertiary/aromatic N) is 1. The lowest BCUT2D eigenvalue weighted by molar-refractivity contribution is -0.136. The number of aromatic nitrogens is 1. The topological polar surface area (TPSA) is 88.2 Å². The van der Waals surface area contributed by atoms with Gasteiger partial charge in [0, 0.05) is 29.2 Å². The van der Waals surface area contributed by atoms with E-state index in [1.807, 2.05) is 25.1 Å². The van der Waals surface area contributed by atoms with Crippen molar-refractivity contribution in [2.24, 2.45) is 0 Å². The molecule has 94 valence electrons. The van der Waals surface area contributed by atoms with Crippen molar-refractivity contribution in [3.8, 4) is 0 Å². The quantitative estimate of drug-likeness (QED) is 0.717. The number of pyridine rings is 1. The van der Waals surface area contributed by atoms with E-state index in [2.05, 4.69) is 10.3 Å². The summed E-state index contributed by atoms with van der Waals surface area (Å²) in [4.78, 5) is 14.7. The van der Waals surface area contributed by atoms with Gasteiger partial charge in [-0.1, -0.05) is 0 Å². The molecule has 0 unspecified atom stereocenters. The van der Waals surface area contributed by atoms with Crippen LogP contribution >= 0.6 is 0 Å². The van der Waals surface area contributed by atoms with Crippen molar-refractivity contribution in [1.82, 2.24) is 4.98 Å². The minimum Gasteiger partial charge on any atom is -0.481 e. The average molecular weight is 245 g/mol. The van der Waals surface area contributed by atoms with E-state index in [1.54, 1.807) is 6.20 Å². The fraction of sp³-hybridized carbons (Fsp3) is 0.231. The summed E-state index contributed by atoms with van der Waals surface area (Å²) in [7, 11) is 0. The predicted molar refractivity (Wildman–Crippen MR) is 71.6 cm³/mol. The SMILES string of the molecule is Cc1cc(N)c2ccnc(NCCC(=O)O)c2c1. The number of carbonyl (C=O) groups is 1. The maximum absolute atomic E-state index is 10.5. The van der Waals surface area contributed by atoms with E-state index in [-0.39, 0.29) is 6.42 Å². The second-order valence-corrected chi connectivity index (χ2v) is 4.18. The van der Waals surface area contributed by atoms with Crippen LogP contribution < -0.4 is 11.1 Å². The Bertz CT molecular complexity index is 596. The molecule has 0 atom stereocenters. The number of carboxylic acid groups (broad SMARTS) is 1. The van der Waals surface area contributed by atoms with Gasteiger partial charge in [0.05, 0.1) is 6.42 Å². The fourth-order valence-corrected chi connectivity index (χ4v) is 1.89. The average Bonchev–Trinajstić information content (AvgIpc) is 2.29. The van der Waals surface area contributed by atoms with Gasteiger partial charge in [0.25, 0.3) is 0 Å². The second kappa shape index (κ2) is 4.91. The van der Waals surface area contributed by atoms with Crippen molar-refractivity contribution in [1.29, 1.82) is 0 Å². The zero-order chi connectivity index (χ0) is 13.1. The molecule has 4 N–H and O–H groups in total. The van der Waals surface area contributed by atoms with E-state index in [0.717, 1.165) is 16.3 Å². The molecule has 0 aliphatic carbocycles. The highest BCUT2D eigenvalue weighted by Gasteiger charge is 2.06. The highest BCUT2D eigenvalue weighted by molar-refractivity contribution is 5.99. The lowest BCUT2D eigenvalue weighted by atomic mass is 10.1. The summed E-state index contributed by atoms with van der Waals surface area (Å²) in [6.07, 6.45) is 1.72. The Morgan fingerprint density at radius 3 is 2.94 bits per heavy atom. The summed E-state index contributed by atoms with van der Waals surface area (Å²) in [5.74, 6) is -0.164. The third-order valence-electron chi connectivity index (χ3n) is 2.69. The number of fused-ring (bicyclic) bond motifs is 1. The first-order chi connectivity index (χ1) is 8.58. The van der Waals surface area contributed by atoms with Crippen molar-refractivity contribution >= 4 is 28.2 Å². The van der Waals surface area contributed by atoms with Gasteiger partial charge in [-0.05, 0) is 30.7 Å². The lowest BCUT2D eigenvalue weighted by Crippen LogP contribution is -2.09. The minimum absolute atomic E-state index is 0.0549. The normalized spacial score (nSPS) is 10.5. The molecule has 18 heavy (non-hydrogen) atoms. The molecule has 0 aliphatic heterocycles. The van der Waals surface area contributed by atoms with Crippen LogP contribution in [0.1, 0.15) is 12.0 Å². The first-order valence-electron chi connectivity index (χ1n) is 5.68. The van der Waals surface area contributed by atoms with Crippen LogP contribution in [0.15, 0.2) is 24.4 Å². The number of benzene rings is 1. The van der Waals surface area contributed by atoms with Crippen LogP contribution in [0.3, 0.4) is 0 Å². The van der Waals surface area contributed by atoms with Crippen LogP contribution in [0.25, 0.3) is 10.8 Å². The molecule has 5 nitrogen and oxygen atoms in total. The van der Waals surface area contributed by atoms with Gasteiger partial charge in [-0.25, -0.2) is 4.98 Å². The number of rotatable bonds is 4. The van der Waals surface area contributed by atoms with Crippen molar-refractivity contribution in [3.63, 3.8) is 0 Å². The number of nitrogens with two attached hydrogens (primary N) is 1. The summed E-state index contributed by atoms with van der Waals surface area (Å²) < 4.78 is 0. The Kier molecular flexibility index (Phi) is 3.32. The highest BCUT2D eigenvalue weighted by atomic mass is 16.4. The largest absolute Gasteiger partial charge is 0.481 e. The van der Waals surface area contributed by atoms with Crippen LogP contribution in [0.2, 0.25) is 0 Å². The number of nitrogens with one attached hydrogen (secondary N) is 1. The van der Waals surface area contributed by atoms with E-state index >= 15 is 0 Å². The maximum Gasteiger partial charge on any atom is 0.305 e. The van der Waals surface area contributed by atoms with Crippen LogP contribution in [0.4, 0.5) is 11.5 Å². The molecule has 1 aromatic carbocycles. The predicted octanol–water partition coefficient (Wildman–Crippen LogP) is 2.01. The molecular formula is C13H15N3O2. The number of nitrogen functional groups attached to an aromatic ring is 1. The van der Waals surface area contributed by atoms with E-state index < -0.39 is 5.97 Å². The number of aryl methyl sites for hydroxylation is 1. The minimum atomic E-state index is -0.835. The molecule has 1 aromatic heterocycles. The van der Waals surface area contributed by atoms with Gasteiger partial charge in [-0.2, -0.15) is 0 Å². The van der Waals surface area contributed by atoms with Gasteiger partial charge < -0.3 is 16.2 Å². The van der Waals surface area contributed by atoms with E-state index in [4.69, 9.17) is 10.8 Å². The standard InChI is InChI=1S/C13H15N3O2/c1-8-6-10-9(11(14)7-8)2-4-15-13(10)16-5-3-12(17)18/h2,4,6-7H,3,5,14H2,1H3,(H,15,16)(H,17,18). The van der Waals surface area contributed by atoms with Gasteiger partial charge in [-0.3, -0.25) is 4.79 Å². The van der Waals surface area contributed by atoms with Crippen LogP contribution in [-0.2, 0) is 4.79 Å². The van der Waals surface area contributed by atoms with Crippen molar-refractivity contribution in [3.05, 3.63) is 30.0 Å². The second-order valence-electron chi connectivity index (χ2n) is 4.18. The molecule has 0 saturated heterocycles. The van der Waals surface area contributed by atoms with Gasteiger partial charge in [0.2, 0.25) is 0 Å². The monoisotopic (exact) mass is 245 g/mol. The number of carboxylic acids is 1. The zero-order valence-corrected chi connectivity index (χ0v) is 10.1. The van der Waals surface area contributed by atoms with E-state index in [9.17, 15) is 4.79 Å². The zero-order valence-electron chi connectivity index (χ0n) is 10.1. The molecule has 0 radical (unpaired) electrons. The molecule has 1 heterocycles. The third-order valence-corrected chi connectivity index (χ3v) is 2.69. The summed E-state index contributed by atoms with van der Waals surface area (Å²) in [5, 5.41) is 13.5. The Morgan fingerprint density at radius 2 is 2.22 bits per heavy atom. The Hall–Kier alpha value is -2.30. The summed E-state index contributed by atoms with van der Waals surface area (Å²) in [5.41, 5.74) is 7.71. The third kappa shape index (κ3) is 2.51. The van der Waals surface area contributed by atoms with Crippen LogP contribution in [-0.4, -0.2) is 22.6 Å². The number of hydrogen-bond donors (Lipinski definition) is 3. The van der Waals surface area contributed by atoms with Crippen molar-refractivity contribution in [2.45, 2.75) is 13.3 Å². The first kappa shape index (κ1) is 12.2. The van der Waals surface area contributed by atoms with Crippen LogP contribution in [0, 0.1) is 6.92 Å². The van der Waals surface area contributed by atoms with Gasteiger partial charge >= 0.3 is 5.97 Å². The van der Waals surface area contributed by atoms with Crippen molar-refractivity contribution in [2.75, 3.05) is 17.6 Å². The van der Waals surface area contributed by atoms with Gasteiger partial charge in [-0.15, -0.1) is 0 Å². The summed E-state index contributed by atoms with van der Waals surface area (Å²) in [6.45, 7) is 2.30. The Balaban J connectivity index is 2.35. The number of hydrogen-bond acceptors (Lipinski definition) is 4. The van der Waals surface area contributed by atoms with Crippen molar-refractivity contribution < 1.29 is 9.90 Å². The molecule has 5 heteroatoms. The first-order valence-corrected chi connectivity index (χ1v) is 5.68. The Labute approximate surface area is 105 Å². The lowest BCUT2D eigenvalue weighted by Gasteiger charge is -2.10. The highest BCUT2D eigenvalue weighted by Crippen LogP contribution is 2.27. The molecule has 0 spiro atoms. The number of anilines is 2. The summed E-state index contributed by atoms with van der Waals surface area (Å²) in [6, 6.07) is 5.75. The molecule has 0 saturated carbocycles. The van der Waals surface area contributed by atoms with E-state index in [1.165, 1.54) is 0 Å². The summed E-state index contributed by atoms with van der Waals surface area (Å²) >= 11 is 0. The molecule has 0 bridgehead atoms. The Morgan fingerprint density at radius 1 is 1.44 bits per heavy atom. The molecular weight excluding hydrogens is 230 g/mol. The molecule has 0 fully saturated rings. The van der Waals surface area contributed by atoms with E-state index in [0.29, 0.717) is 18.1 Å². The molecule has 0 amide bonds. The molecule has 0 aliphatic rings. The van der Waals surface area contributed by atoms with Gasteiger partial charge in [0.15, 0.2) is 0 Å². The maximum atomic E-state index is 10.5. The van der Waals surface area contributed by atoms with Crippen LogP contribution in [0.5, 0.6) is 0 Å². The smallest absolute Gasteiger partial charge is 0.305 e. The molecule has 2 aromatic rings.